The van der Waals surface area contributed by atoms with Crippen LogP contribution in [0, 0.1) is 0 Å². The first-order chi connectivity index (χ1) is 7.91. The Morgan fingerprint density at radius 3 is 2.53 bits per heavy atom. The first-order valence-corrected chi connectivity index (χ1v) is 4.88. The Labute approximate surface area is 99.2 Å². The molecule has 0 amide bonds. The Bertz CT molecular complexity index is 571. The molecule has 0 saturated heterocycles. The summed E-state index contributed by atoms with van der Waals surface area (Å²) in [5, 5.41) is 0.116. The fourth-order valence-electron chi connectivity index (χ4n) is 1.32. The van der Waals surface area contributed by atoms with Crippen molar-refractivity contribution in [3.8, 4) is 5.75 Å². The fraction of sp³-hybridized carbons (Fsp3) is 0.200. The second-order valence-corrected chi connectivity index (χ2v) is 3.58. The van der Waals surface area contributed by atoms with E-state index in [0.29, 0.717) is 11.1 Å². The van der Waals surface area contributed by atoms with Crippen LogP contribution in [0.5, 0.6) is 5.75 Å². The number of methoxy groups -OCH3 is 1. The molecule has 0 aliphatic heterocycles. The average Bonchev–Trinajstić information content (AvgIpc) is 2.27. The molecular weight excluding hydrogens is 257 g/mol. The minimum Gasteiger partial charge on any atom is -0.497 e. The number of hydrogen-bond acceptors (Lipinski definition) is 3. The van der Waals surface area contributed by atoms with Gasteiger partial charge in [0, 0.05) is 11.5 Å². The van der Waals surface area contributed by atoms with Crippen molar-refractivity contribution in [2.45, 2.75) is 6.18 Å². The number of alkyl halides is 3. The van der Waals surface area contributed by atoms with Gasteiger partial charge in [0.25, 0.3) is 0 Å². The molecule has 2 rings (SSSR count). The zero-order chi connectivity index (χ0) is 12.6. The Hall–Kier alpha value is -1.56. The second-order valence-electron chi connectivity index (χ2n) is 3.22. The monoisotopic (exact) mass is 262 g/mol. The zero-order valence-corrected chi connectivity index (χ0v) is 9.30. The smallest absolute Gasteiger partial charge is 0.451 e. The molecule has 1 aromatic heterocycles. The van der Waals surface area contributed by atoms with Crippen LogP contribution >= 0.6 is 11.6 Å². The van der Waals surface area contributed by atoms with Gasteiger partial charge in [0.05, 0.1) is 12.6 Å². The van der Waals surface area contributed by atoms with Gasteiger partial charge in [0.2, 0.25) is 5.82 Å². The van der Waals surface area contributed by atoms with E-state index >= 15 is 0 Å². The molecule has 0 unspecified atom stereocenters. The minimum absolute atomic E-state index is 0.0941. The van der Waals surface area contributed by atoms with Crippen molar-refractivity contribution in [1.82, 2.24) is 9.97 Å². The molecule has 0 N–H and O–H groups in total. The number of nitrogens with zero attached hydrogens (tertiary/aromatic N) is 2. The van der Waals surface area contributed by atoms with E-state index in [0.717, 1.165) is 0 Å². The molecule has 0 aliphatic rings. The van der Waals surface area contributed by atoms with Gasteiger partial charge in [-0.05, 0) is 12.1 Å². The molecule has 2 aromatic rings. The Morgan fingerprint density at radius 2 is 1.94 bits per heavy atom. The maximum atomic E-state index is 12.5. The molecule has 0 bridgehead atoms. The lowest BCUT2D eigenvalue weighted by Gasteiger charge is -2.08. The first kappa shape index (κ1) is 11.9. The maximum absolute atomic E-state index is 12.5. The molecule has 17 heavy (non-hydrogen) atoms. The number of halogens is 4. The molecule has 0 aliphatic carbocycles. The lowest BCUT2D eigenvalue weighted by molar-refractivity contribution is -0.144. The van der Waals surface area contributed by atoms with Crippen molar-refractivity contribution < 1.29 is 17.9 Å². The Kier molecular flexibility index (Phi) is 2.82. The van der Waals surface area contributed by atoms with Crippen LogP contribution < -0.4 is 4.74 Å². The summed E-state index contributed by atoms with van der Waals surface area (Å²) < 4.78 is 42.3. The summed E-state index contributed by atoms with van der Waals surface area (Å²) in [6, 6.07) is 4.46. The van der Waals surface area contributed by atoms with Gasteiger partial charge in [0.15, 0.2) is 0 Å². The standard InChI is InChI=1S/C10H6ClF3N2O/c1-17-5-2-3-6-7(4-5)15-9(10(12,13)14)16-8(6)11/h2-4H,1H3. The van der Waals surface area contributed by atoms with Crippen molar-refractivity contribution in [2.24, 2.45) is 0 Å². The van der Waals surface area contributed by atoms with Crippen LogP contribution in [-0.4, -0.2) is 17.1 Å². The van der Waals surface area contributed by atoms with E-state index in [-0.39, 0.29) is 10.7 Å². The SMILES string of the molecule is COc1ccc2c(Cl)nc(C(F)(F)F)nc2c1. The maximum Gasteiger partial charge on any atom is 0.451 e. The average molecular weight is 263 g/mol. The number of rotatable bonds is 1. The molecular formula is C10H6ClF3N2O. The van der Waals surface area contributed by atoms with Crippen LogP contribution in [0.25, 0.3) is 10.9 Å². The van der Waals surface area contributed by atoms with Crippen LogP contribution in [0.15, 0.2) is 18.2 Å². The molecule has 0 radical (unpaired) electrons. The molecule has 0 spiro atoms. The highest BCUT2D eigenvalue weighted by atomic mass is 35.5. The van der Waals surface area contributed by atoms with Crippen LogP contribution in [0.1, 0.15) is 5.82 Å². The number of benzene rings is 1. The van der Waals surface area contributed by atoms with Gasteiger partial charge < -0.3 is 4.74 Å². The van der Waals surface area contributed by atoms with E-state index in [4.69, 9.17) is 16.3 Å². The highest BCUT2D eigenvalue weighted by molar-refractivity contribution is 6.34. The molecule has 90 valence electrons. The minimum atomic E-state index is -4.62. The molecule has 0 saturated carbocycles. The molecule has 0 atom stereocenters. The Balaban J connectivity index is 2.70. The third-order valence-electron chi connectivity index (χ3n) is 2.11. The molecule has 1 aromatic carbocycles. The number of hydrogen-bond donors (Lipinski definition) is 0. The van der Waals surface area contributed by atoms with Crippen LogP contribution in [0.4, 0.5) is 13.2 Å². The summed E-state index contributed by atoms with van der Waals surface area (Å²) in [6.45, 7) is 0. The second kappa shape index (κ2) is 4.03. The summed E-state index contributed by atoms with van der Waals surface area (Å²) in [6.07, 6.45) is -4.62. The Morgan fingerprint density at radius 1 is 1.24 bits per heavy atom. The van der Waals surface area contributed by atoms with Gasteiger partial charge in [-0.1, -0.05) is 11.6 Å². The molecule has 1 heterocycles. The lowest BCUT2D eigenvalue weighted by atomic mass is 10.2. The van der Waals surface area contributed by atoms with Crippen LogP contribution in [0.2, 0.25) is 5.15 Å². The molecule has 0 fully saturated rings. The van der Waals surface area contributed by atoms with Crippen LogP contribution in [0.3, 0.4) is 0 Å². The van der Waals surface area contributed by atoms with E-state index < -0.39 is 12.0 Å². The van der Waals surface area contributed by atoms with Gasteiger partial charge in [0.1, 0.15) is 10.9 Å². The van der Waals surface area contributed by atoms with E-state index in [1.807, 2.05) is 0 Å². The van der Waals surface area contributed by atoms with E-state index in [1.54, 1.807) is 6.07 Å². The number of aromatic nitrogens is 2. The van der Waals surface area contributed by atoms with E-state index in [2.05, 4.69) is 9.97 Å². The van der Waals surface area contributed by atoms with E-state index in [9.17, 15) is 13.2 Å². The summed E-state index contributed by atoms with van der Waals surface area (Å²) in [5.41, 5.74) is 0.0941. The predicted octanol–water partition coefficient (Wildman–Crippen LogP) is 3.31. The molecule has 7 heteroatoms. The highest BCUT2D eigenvalue weighted by Gasteiger charge is 2.35. The van der Waals surface area contributed by atoms with Crippen molar-refractivity contribution in [1.29, 1.82) is 0 Å². The first-order valence-electron chi connectivity index (χ1n) is 4.50. The summed E-state index contributed by atoms with van der Waals surface area (Å²) in [7, 11) is 1.41. The lowest BCUT2D eigenvalue weighted by Crippen LogP contribution is -2.11. The van der Waals surface area contributed by atoms with Gasteiger partial charge in [-0.2, -0.15) is 13.2 Å². The van der Waals surface area contributed by atoms with Crippen molar-refractivity contribution >= 4 is 22.5 Å². The van der Waals surface area contributed by atoms with Crippen molar-refractivity contribution in [2.75, 3.05) is 7.11 Å². The normalized spacial score (nSPS) is 11.8. The predicted molar refractivity (Wildman–Crippen MR) is 56.1 cm³/mol. The van der Waals surface area contributed by atoms with Crippen molar-refractivity contribution in [3.63, 3.8) is 0 Å². The van der Waals surface area contributed by atoms with Crippen LogP contribution in [-0.2, 0) is 6.18 Å². The quantitative estimate of drug-likeness (QED) is 0.740. The third-order valence-corrected chi connectivity index (χ3v) is 2.40. The summed E-state index contributed by atoms with van der Waals surface area (Å²) >= 11 is 5.67. The largest absolute Gasteiger partial charge is 0.497 e. The highest BCUT2D eigenvalue weighted by Crippen LogP contribution is 2.31. The topological polar surface area (TPSA) is 35.0 Å². The summed E-state index contributed by atoms with van der Waals surface area (Å²) in [5.74, 6) is -0.858. The van der Waals surface area contributed by atoms with E-state index in [1.165, 1.54) is 19.2 Å². The number of fused-ring (bicyclic) bond motifs is 1. The van der Waals surface area contributed by atoms with Crippen molar-refractivity contribution in [3.05, 3.63) is 29.2 Å². The summed E-state index contributed by atoms with van der Waals surface area (Å²) in [4.78, 5) is 6.63. The van der Waals surface area contributed by atoms with Gasteiger partial charge in [-0.3, -0.25) is 0 Å². The third kappa shape index (κ3) is 2.26. The molecule has 3 nitrogen and oxygen atoms in total. The van der Waals surface area contributed by atoms with Gasteiger partial charge in [-0.15, -0.1) is 0 Å². The fourth-order valence-corrected chi connectivity index (χ4v) is 1.56. The number of ether oxygens (including phenoxy) is 1. The van der Waals surface area contributed by atoms with Gasteiger partial charge in [-0.25, -0.2) is 9.97 Å². The zero-order valence-electron chi connectivity index (χ0n) is 8.55. The van der Waals surface area contributed by atoms with Gasteiger partial charge >= 0.3 is 6.18 Å².